The maximum Gasteiger partial charge on any atom is 0.194 e. The highest BCUT2D eigenvalue weighted by atomic mass is 35.5. The lowest BCUT2D eigenvalue weighted by molar-refractivity contribution is 0.382. The normalized spacial score (nSPS) is 39.6. The fourth-order valence-corrected chi connectivity index (χ4v) is 1.90. The quantitative estimate of drug-likeness (QED) is 0.588. The van der Waals surface area contributed by atoms with Gasteiger partial charge in [-0.1, -0.05) is 48.9 Å². The molecule has 12 heavy (non-hydrogen) atoms. The molecule has 0 spiro atoms. The second kappa shape index (κ2) is 2.23. The molecular weight excluding hydrogens is 175 g/mol. The zero-order valence-corrected chi connectivity index (χ0v) is 7.61. The molecule has 2 atom stereocenters. The Kier molecular flexibility index (Phi) is 1.50. The Bertz CT molecular complexity index is 294. The second-order valence-electron chi connectivity index (χ2n) is 3.58. The standard InChI is InChI=1S/C10H10ClF/c1-9(7-10(9,11)12)8-5-3-2-4-6-8/h2-6H,7H2,1H3/t9-,10+/m0/s1. The lowest BCUT2D eigenvalue weighted by Crippen LogP contribution is -2.09. The zero-order valence-electron chi connectivity index (χ0n) is 6.85. The van der Waals surface area contributed by atoms with Crippen LogP contribution in [0.1, 0.15) is 18.9 Å². The first-order chi connectivity index (χ1) is 5.56. The van der Waals surface area contributed by atoms with Crippen molar-refractivity contribution in [3.05, 3.63) is 35.9 Å². The van der Waals surface area contributed by atoms with Crippen LogP contribution in [0.5, 0.6) is 0 Å². The molecule has 0 nitrogen and oxygen atoms in total. The third-order valence-corrected chi connectivity index (χ3v) is 3.22. The van der Waals surface area contributed by atoms with Gasteiger partial charge in [0.2, 0.25) is 0 Å². The van der Waals surface area contributed by atoms with Gasteiger partial charge in [0.05, 0.1) is 0 Å². The molecule has 0 N–H and O–H groups in total. The summed E-state index contributed by atoms with van der Waals surface area (Å²) in [5.74, 6) is 0. The molecule has 0 amide bonds. The number of hydrogen-bond acceptors (Lipinski definition) is 0. The van der Waals surface area contributed by atoms with Gasteiger partial charge in [0.15, 0.2) is 5.13 Å². The smallest absolute Gasteiger partial charge is 0.194 e. The Morgan fingerprint density at radius 2 is 1.83 bits per heavy atom. The molecule has 0 unspecified atom stereocenters. The molecule has 1 aromatic rings. The van der Waals surface area contributed by atoms with Crippen LogP contribution in [0.25, 0.3) is 0 Å². The van der Waals surface area contributed by atoms with Gasteiger partial charge < -0.3 is 0 Å². The zero-order chi connectivity index (χ0) is 8.82. The summed E-state index contributed by atoms with van der Waals surface area (Å²) in [6.07, 6.45) is 0.422. The summed E-state index contributed by atoms with van der Waals surface area (Å²) in [5, 5.41) is -1.52. The summed E-state index contributed by atoms with van der Waals surface area (Å²) >= 11 is 5.62. The number of hydrogen-bond donors (Lipinski definition) is 0. The van der Waals surface area contributed by atoms with Crippen molar-refractivity contribution in [1.29, 1.82) is 0 Å². The van der Waals surface area contributed by atoms with Gasteiger partial charge in [-0.3, -0.25) is 0 Å². The number of benzene rings is 1. The lowest BCUT2D eigenvalue weighted by Gasteiger charge is -2.10. The van der Waals surface area contributed by atoms with Crippen molar-refractivity contribution in [1.82, 2.24) is 0 Å². The monoisotopic (exact) mass is 184 g/mol. The fraction of sp³-hybridized carbons (Fsp3) is 0.400. The molecule has 2 heteroatoms. The Labute approximate surface area is 76.4 Å². The van der Waals surface area contributed by atoms with E-state index in [9.17, 15) is 4.39 Å². The highest BCUT2D eigenvalue weighted by molar-refractivity contribution is 6.26. The molecule has 1 aromatic carbocycles. The van der Waals surface area contributed by atoms with Crippen molar-refractivity contribution in [3.8, 4) is 0 Å². The Morgan fingerprint density at radius 1 is 1.33 bits per heavy atom. The van der Waals surface area contributed by atoms with Crippen LogP contribution in [0, 0.1) is 0 Å². The van der Waals surface area contributed by atoms with E-state index < -0.39 is 10.5 Å². The molecule has 1 fully saturated rings. The van der Waals surface area contributed by atoms with Crippen molar-refractivity contribution >= 4 is 11.6 Å². The van der Waals surface area contributed by atoms with E-state index in [2.05, 4.69) is 0 Å². The van der Waals surface area contributed by atoms with Gasteiger partial charge >= 0.3 is 0 Å². The van der Waals surface area contributed by atoms with Gasteiger partial charge in [-0.15, -0.1) is 0 Å². The average molecular weight is 185 g/mol. The molecule has 0 radical (unpaired) electrons. The van der Waals surface area contributed by atoms with Gasteiger partial charge in [0.1, 0.15) is 0 Å². The Balaban J connectivity index is 2.35. The summed E-state index contributed by atoms with van der Waals surface area (Å²) in [6.45, 7) is 1.86. The third-order valence-electron chi connectivity index (χ3n) is 2.67. The predicted octanol–water partition coefficient (Wildman–Crippen LogP) is 3.25. The van der Waals surface area contributed by atoms with E-state index in [1.807, 2.05) is 37.3 Å². The average Bonchev–Trinajstić information content (AvgIpc) is 2.55. The van der Waals surface area contributed by atoms with Gasteiger partial charge in [0.25, 0.3) is 0 Å². The van der Waals surface area contributed by atoms with Crippen LogP contribution in [0.3, 0.4) is 0 Å². The summed E-state index contributed by atoms with van der Waals surface area (Å²) in [7, 11) is 0. The van der Waals surface area contributed by atoms with E-state index in [1.165, 1.54) is 0 Å². The van der Waals surface area contributed by atoms with Crippen molar-refractivity contribution in [2.45, 2.75) is 23.9 Å². The van der Waals surface area contributed by atoms with Crippen molar-refractivity contribution in [2.75, 3.05) is 0 Å². The minimum absolute atomic E-state index is 0.422. The largest absolute Gasteiger partial charge is 0.225 e. The first-order valence-electron chi connectivity index (χ1n) is 4.00. The van der Waals surface area contributed by atoms with E-state index in [0.717, 1.165) is 5.56 Å². The molecule has 0 heterocycles. The molecule has 0 bridgehead atoms. The molecule has 0 aliphatic heterocycles. The summed E-state index contributed by atoms with van der Waals surface area (Å²) < 4.78 is 13.3. The van der Waals surface area contributed by atoms with Gasteiger partial charge in [0, 0.05) is 11.8 Å². The number of alkyl halides is 2. The van der Waals surface area contributed by atoms with Crippen LogP contribution in [-0.2, 0) is 5.41 Å². The highest BCUT2D eigenvalue weighted by Crippen LogP contribution is 2.62. The van der Waals surface area contributed by atoms with Crippen molar-refractivity contribution in [3.63, 3.8) is 0 Å². The molecular formula is C10H10ClF. The van der Waals surface area contributed by atoms with Crippen molar-refractivity contribution in [2.24, 2.45) is 0 Å². The van der Waals surface area contributed by atoms with Crippen LogP contribution in [0.15, 0.2) is 30.3 Å². The minimum Gasteiger partial charge on any atom is -0.225 e. The summed E-state index contributed by atoms with van der Waals surface area (Å²) in [6, 6.07) is 9.58. The van der Waals surface area contributed by atoms with Crippen LogP contribution >= 0.6 is 11.6 Å². The van der Waals surface area contributed by atoms with Gasteiger partial charge in [-0.25, -0.2) is 4.39 Å². The summed E-state index contributed by atoms with van der Waals surface area (Å²) in [5.41, 5.74) is 0.526. The fourth-order valence-electron chi connectivity index (χ4n) is 1.52. The van der Waals surface area contributed by atoms with E-state index in [0.29, 0.717) is 6.42 Å². The van der Waals surface area contributed by atoms with E-state index in [1.54, 1.807) is 0 Å². The first kappa shape index (κ1) is 8.06. The molecule has 1 saturated carbocycles. The molecule has 1 aliphatic carbocycles. The Morgan fingerprint density at radius 3 is 2.25 bits per heavy atom. The summed E-state index contributed by atoms with van der Waals surface area (Å²) in [4.78, 5) is 0. The third kappa shape index (κ3) is 0.962. The SMILES string of the molecule is C[C@@]1(c2ccccc2)C[C@]1(F)Cl. The highest BCUT2D eigenvalue weighted by Gasteiger charge is 2.66. The van der Waals surface area contributed by atoms with E-state index in [4.69, 9.17) is 11.6 Å². The number of halogens is 2. The maximum absolute atomic E-state index is 13.3. The molecule has 0 aromatic heterocycles. The second-order valence-corrected chi connectivity index (χ2v) is 4.18. The molecule has 2 rings (SSSR count). The number of rotatable bonds is 1. The van der Waals surface area contributed by atoms with Crippen LogP contribution in [-0.4, -0.2) is 5.13 Å². The van der Waals surface area contributed by atoms with Gasteiger partial charge in [-0.2, -0.15) is 0 Å². The topological polar surface area (TPSA) is 0 Å². The molecule has 1 aliphatic rings. The van der Waals surface area contributed by atoms with Crippen LogP contribution in [0.2, 0.25) is 0 Å². The maximum atomic E-state index is 13.3. The van der Waals surface area contributed by atoms with Crippen LogP contribution in [0.4, 0.5) is 4.39 Å². The first-order valence-corrected chi connectivity index (χ1v) is 4.37. The van der Waals surface area contributed by atoms with E-state index in [-0.39, 0.29) is 0 Å². The molecule has 0 saturated heterocycles. The predicted molar refractivity (Wildman–Crippen MR) is 48.1 cm³/mol. The van der Waals surface area contributed by atoms with Crippen LogP contribution < -0.4 is 0 Å². The Hall–Kier alpha value is -0.560. The minimum atomic E-state index is -1.52. The lowest BCUT2D eigenvalue weighted by atomic mass is 9.98. The molecule has 64 valence electrons. The van der Waals surface area contributed by atoms with Crippen molar-refractivity contribution < 1.29 is 4.39 Å². The van der Waals surface area contributed by atoms with Gasteiger partial charge in [-0.05, 0) is 5.56 Å². The van der Waals surface area contributed by atoms with E-state index >= 15 is 0 Å².